The van der Waals surface area contributed by atoms with Gasteiger partial charge in [0.2, 0.25) is 0 Å². The molecule has 1 aliphatic heterocycles. The van der Waals surface area contributed by atoms with E-state index in [1.165, 1.54) is 0 Å². The van der Waals surface area contributed by atoms with Crippen molar-refractivity contribution in [2.24, 2.45) is 0 Å². The minimum atomic E-state index is -5.09. The van der Waals surface area contributed by atoms with Gasteiger partial charge in [-0.25, -0.2) is 12.5 Å². The van der Waals surface area contributed by atoms with Crippen molar-refractivity contribution >= 4 is 31.2 Å². The molecular formula is C7H14O14S3. The fourth-order valence-corrected chi connectivity index (χ4v) is 3.17. The SMILES string of the molecule is COC1OC(COS(=O)(=O)O)CC(OS(=O)(=O)O)C1OS(=O)(=O)O. The molecule has 0 aliphatic carbocycles. The molecule has 0 saturated carbocycles. The summed E-state index contributed by atoms with van der Waals surface area (Å²) in [5, 5.41) is 0. The highest BCUT2D eigenvalue weighted by molar-refractivity contribution is 7.81. The number of rotatable bonds is 8. The molecule has 24 heavy (non-hydrogen) atoms. The summed E-state index contributed by atoms with van der Waals surface area (Å²) in [6.45, 7) is -0.817. The molecule has 0 aromatic carbocycles. The Labute approximate surface area is 137 Å². The Morgan fingerprint density at radius 3 is 1.92 bits per heavy atom. The van der Waals surface area contributed by atoms with Crippen LogP contribution in [0, 0.1) is 0 Å². The van der Waals surface area contributed by atoms with E-state index < -0.39 is 68.8 Å². The highest BCUT2D eigenvalue weighted by Crippen LogP contribution is 2.28. The Kier molecular flexibility index (Phi) is 7.03. The van der Waals surface area contributed by atoms with Crippen LogP contribution < -0.4 is 0 Å². The Balaban J connectivity index is 3.02. The van der Waals surface area contributed by atoms with Crippen LogP contribution in [-0.4, -0.2) is 77.2 Å². The van der Waals surface area contributed by atoms with Crippen LogP contribution in [0.1, 0.15) is 6.42 Å². The van der Waals surface area contributed by atoms with Crippen LogP contribution in [0.2, 0.25) is 0 Å². The third-order valence-electron chi connectivity index (χ3n) is 2.57. The Bertz CT molecular complexity index is 722. The maximum atomic E-state index is 10.8. The standard InChI is InChI=1S/C7H14O14S3/c1-17-7-6(21-24(14,15)16)5(20-23(11,12)13)2-4(19-7)3-18-22(8,9)10/h4-7H,2-3H2,1H3,(H,8,9,10)(H,11,12,13)(H,14,15,16). The molecule has 1 saturated heterocycles. The summed E-state index contributed by atoms with van der Waals surface area (Å²) in [6, 6.07) is 0. The van der Waals surface area contributed by atoms with Crippen LogP contribution in [0.25, 0.3) is 0 Å². The average Bonchev–Trinajstić information content (AvgIpc) is 2.34. The molecule has 14 nitrogen and oxygen atoms in total. The first-order valence-electron chi connectivity index (χ1n) is 5.81. The van der Waals surface area contributed by atoms with E-state index in [1.807, 2.05) is 0 Å². The Morgan fingerprint density at radius 1 is 0.958 bits per heavy atom. The summed E-state index contributed by atoms with van der Waals surface area (Å²) in [7, 11) is -14.0. The predicted molar refractivity (Wildman–Crippen MR) is 70.6 cm³/mol. The van der Waals surface area contributed by atoms with Gasteiger partial charge < -0.3 is 9.47 Å². The van der Waals surface area contributed by atoms with Crippen LogP contribution in [0.4, 0.5) is 0 Å². The van der Waals surface area contributed by atoms with Crippen molar-refractivity contribution < 1.29 is 60.9 Å². The monoisotopic (exact) mass is 418 g/mol. The predicted octanol–water partition coefficient (Wildman–Crippen LogP) is -2.06. The molecule has 1 fully saturated rings. The van der Waals surface area contributed by atoms with E-state index in [-0.39, 0.29) is 0 Å². The number of ether oxygens (including phenoxy) is 2. The van der Waals surface area contributed by atoms with Crippen molar-refractivity contribution in [3.8, 4) is 0 Å². The second-order valence-corrected chi connectivity index (χ2v) is 7.55. The lowest BCUT2D eigenvalue weighted by Crippen LogP contribution is -2.53. The highest BCUT2D eigenvalue weighted by Gasteiger charge is 2.45. The Hall–Kier alpha value is -0.470. The van der Waals surface area contributed by atoms with Crippen LogP contribution in [0.3, 0.4) is 0 Å². The average molecular weight is 418 g/mol. The van der Waals surface area contributed by atoms with Gasteiger partial charge in [0.15, 0.2) is 12.4 Å². The normalized spacial score (nSPS) is 29.5. The molecular weight excluding hydrogens is 404 g/mol. The molecule has 4 atom stereocenters. The zero-order valence-electron chi connectivity index (χ0n) is 11.8. The van der Waals surface area contributed by atoms with Crippen LogP contribution in [0.15, 0.2) is 0 Å². The highest BCUT2D eigenvalue weighted by atomic mass is 32.3. The molecule has 1 aliphatic rings. The number of hydrogen-bond acceptors (Lipinski definition) is 11. The van der Waals surface area contributed by atoms with Gasteiger partial charge in [-0.2, -0.15) is 25.3 Å². The van der Waals surface area contributed by atoms with Crippen molar-refractivity contribution in [3.63, 3.8) is 0 Å². The van der Waals surface area contributed by atoms with E-state index in [9.17, 15) is 25.3 Å². The molecule has 0 aromatic rings. The van der Waals surface area contributed by atoms with E-state index in [0.29, 0.717) is 0 Å². The van der Waals surface area contributed by atoms with Crippen LogP contribution in [0.5, 0.6) is 0 Å². The quantitative estimate of drug-likeness (QED) is 0.362. The fraction of sp³-hybridized carbons (Fsp3) is 1.00. The van der Waals surface area contributed by atoms with E-state index in [0.717, 1.165) is 7.11 Å². The smallest absolute Gasteiger partial charge is 0.353 e. The first-order valence-corrected chi connectivity index (χ1v) is 9.91. The number of methoxy groups -OCH3 is 1. The van der Waals surface area contributed by atoms with E-state index in [2.05, 4.69) is 12.5 Å². The molecule has 3 N–H and O–H groups in total. The third kappa shape index (κ3) is 8.07. The first-order chi connectivity index (χ1) is 10.7. The van der Waals surface area contributed by atoms with Crippen molar-refractivity contribution in [1.82, 2.24) is 0 Å². The van der Waals surface area contributed by atoms with Gasteiger partial charge in [-0.05, 0) is 0 Å². The van der Waals surface area contributed by atoms with Crippen molar-refractivity contribution in [2.75, 3.05) is 13.7 Å². The van der Waals surface area contributed by atoms with E-state index >= 15 is 0 Å². The zero-order chi connectivity index (χ0) is 18.8. The lowest BCUT2D eigenvalue weighted by molar-refractivity contribution is -0.251. The van der Waals surface area contributed by atoms with Gasteiger partial charge in [-0.15, -0.1) is 0 Å². The lowest BCUT2D eigenvalue weighted by atomic mass is 10.0. The number of hydrogen-bond donors (Lipinski definition) is 3. The van der Waals surface area contributed by atoms with Gasteiger partial charge in [0, 0.05) is 13.5 Å². The van der Waals surface area contributed by atoms with Crippen LogP contribution >= 0.6 is 0 Å². The maximum absolute atomic E-state index is 10.8. The molecule has 0 aromatic heterocycles. The van der Waals surface area contributed by atoms with E-state index in [1.54, 1.807) is 0 Å². The van der Waals surface area contributed by atoms with Crippen molar-refractivity contribution in [2.45, 2.75) is 31.0 Å². The molecule has 0 spiro atoms. The van der Waals surface area contributed by atoms with Gasteiger partial charge >= 0.3 is 31.2 Å². The van der Waals surface area contributed by atoms with Gasteiger partial charge in [0.1, 0.15) is 6.10 Å². The Morgan fingerprint density at radius 2 is 1.50 bits per heavy atom. The van der Waals surface area contributed by atoms with Crippen molar-refractivity contribution in [3.05, 3.63) is 0 Å². The van der Waals surface area contributed by atoms with Gasteiger partial charge in [0.25, 0.3) is 0 Å². The molecule has 0 radical (unpaired) electrons. The fourth-order valence-electron chi connectivity index (χ4n) is 1.85. The summed E-state index contributed by atoms with van der Waals surface area (Å²) in [5.74, 6) is 0. The largest absolute Gasteiger partial charge is 0.397 e. The molecule has 1 rings (SSSR count). The lowest BCUT2D eigenvalue weighted by Gasteiger charge is -2.38. The second kappa shape index (κ2) is 7.83. The summed E-state index contributed by atoms with van der Waals surface area (Å²) in [4.78, 5) is 0. The summed E-state index contributed by atoms with van der Waals surface area (Å²) in [5.41, 5.74) is 0. The molecule has 4 unspecified atom stereocenters. The minimum absolute atomic E-state index is 0.574. The second-order valence-electron chi connectivity index (χ2n) is 4.36. The molecule has 17 heteroatoms. The zero-order valence-corrected chi connectivity index (χ0v) is 14.2. The summed E-state index contributed by atoms with van der Waals surface area (Å²) < 4.78 is 113. The molecule has 0 amide bonds. The first kappa shape index (κ1) is 21.6. The van der Waals surface area contributed by atoms with E-state index in [4.69, 9.17) is 23.1 Å². The van der Waals surface area contributed by atoms with Crippen molar-refractivity contribution in [1.29, 1.82) is 0 Å². The van der Waals surface area contributed by atoms with Gasteiger partial charge in [-0.3, -0.25) is 13.7 Å². The topological polar surface area (TPSA) is 209 Å². The minimum Gasteiger partial charge on any atom is -0.353 e. The molecule has 1 heterocycles. The van der Waals surface area contributed by atoms with Gasteiger partial charge in [0.05, 0.1) is 12.7 Å². The van der Waals surface area contributed by atoms with Gasteiger partial charge in [-0.1, -0.05) is 0 Å². The summed E-state index contributed by atoms with van der Waals surface area (Å²) >= 11 is 0. The summed E-state index contributed by atoms with van der Waals surface area (Å²) in [6.07, 6.45) is -7.15. The third-order valence-corrected chi connectivity index (χ3v) is 3.96. The maximum Gasteiger partial charge on any atom is 0.397 e. The molecule has 144 valence electrons. The van der Waals surface area contributed by atoms with Crippen LogP contribution in [-0.2, 0) is 53.2 Å². The molecule has 0 bridgehead atoms.